The lowest BCUT2D eigenvalue weighted by Crippen LogP contribution is -2.37. The molecule has 2 aliphatic carbocycles. The van der Waals surface area contributed by atoms with E-state index in [2.05, 4.69) is 27.8 Å². The summed E-state index contributed by atoms with van der Waals surface area (Å²) in [5.41, 5.74) is 4.07. The van der Waals surface area contributed by atoms with Gasteiger partial charge in [-0.15, -0.1) is 0 Å². The van der Waals surface area contributed by atoms with Gasteiger partial charge in [0.05, 0.1) is 5.69 Å². The minimum atomic E-state index is 0.518. The maximum absolute atomic E-state index is 4.41. The van der Waals surface area contributed by atoms with Crippen molar-refractivity contribution in [3.8, 4) is 0 Å². The molecule has 1 aromatic heterocycles. The molecule has 1 unspecified atom stereocenters. The Morgan fingerprint density at radius 3 is 3.12 bits per heavy atom. The van der Waals surface area contributed by atoms with Gasteiger partial charge in [-0.3, -0.25) is 5.10 Å². The molecule has 0 amide bonds. The van der Waals surface area contributed by atoms with Gasteiger partial charge in [-0.05, 0) is 44.6 Å². The lowest BCUT2D eigenvalue weighted by atomic mass is 10.2. The summed E-state index contributed by atoms with van der Waals surface area (Å²) in [5, 5.41) is 14.7. The van der Waals surface area contributed by atoms with E-state index in [0.29, 0.717) is 6.04 Å². The molecule has 94 valence electrons. The molecule has 3 rings (SSSR count). The number of aryl methyl sites for hydroxylation is 1. The highest BCUT2D eigenvalue weighted by atomic mass is 15.1. The second-order valence-electron chi connectivity index (χ2n) is 5.45. The zero-order chi connectivity index (χ0) is 11.7. The van der Waals surface area contributed by atoms with Gasteiger partial charge in [-0.2, -0.15) is 5.10 Å². The Kier molecular flexibility index (Phi) is 3.16. The lowest BCUT2D eigenvalue weighted by Gasteiger charge is -2.13. The van der Waals surface area contributed by atoms with Crippen LogP contribution in [-0.2, 0) is 19.4 Å². The van der Waals surface area contributed by atoms with Gasteiger partial charge in [0.25, 0.3) is 0 Å². The first-order chi connectivity index (χ1) is 8.33. The molecule has 17 heavy (non-hydrogen) atoms. The summed E-state index contributed by atoms with van der Waals surface area (Å²) in [5.74, 6) is 0. The van der Waals surface area contributed by atoms with Crippen LogP contribution in [0.1, 0.15) is 43.1 Å². The van der Waals surface area contributed by atoms with Crippen LogP contribution < -0.4 is 10.6 Å². The Labute approximate surface area is 103 Å². The Bertz CT molecular complexity index is 381. The Morgan fingerprint density at radius 1 is 1.41 bits per heavy atom. The molecule has 2 aliphatic rings. The number of hydrogen-bond acceptors (Lipinski definition) is 3. The highest BCUT2D eigenvalue weighted by Crippen LogP contribution is 2.22. The van der Waals surface area contributed by atoms with Crippen LogP contribution in [0.4, 0.5) is 0 Å². The fourth-order valence-corrected chi connectivity index (χ4v) is 2.51. The third-order valence-electron chi connectivity index (χ3n) is 3.80. The number of aromatic nitrogens is 2. The molecule has 4 heteroatoms. The van der Waals surface area contributed by atoms with Crippen molar-refractivity contribution in [2.24, 2.45) is 0 Å². The van der Waals surface area contributed by atoms with Crippen molar-refractivity contribution in [2.75, 3.05) is 6.54 Å². The van der Waals surface area contributed by atoms with Gasteiger partial charge in [0.2, 0.25) is 0 Å². The summed E-state index contributed by atoms with van der Waals surface area (Å²) in [6.45, 7) is 4.21. The molecule has 3 N–H and O–H groups in total. The van der Waals surface area contributed by atoms with Gasteiger partial charge in [-0.25, -0.2) is 0 Å². The second kappa shape index (κ2) is 4.78. The third-order valence-corrected chi connectivity index (χ3v) is 3.80. The van der Waals surface area contributed by atoms with Crippen molar-refractivity contribution in [3.05, 3.63) is 17.0 Å². The first-order valence-electron chi connectivity index (χ1n) is 6.84. The van der Waals surface area contributed by atoms with Crippen LogP contribution in [0, 0.1) is 0 Å². The van der Waals surface area contributed by atoms with E-state index in [9.17, 15) is 0 Å². The van der Waals surface area contributed by atoms with Crippen LogP contribution in [0.25, 0.3) is 0 Å². The van der Waals surface area contributed by atoms with Crippen LogP contribution in [0.2, 0.25) is 0 Å². The molecule has 0 spiro atoms. The lowest BCUT2D eigenvalue weighted by molar-refractivity contribution is 0.495. The monoisotopic (exact) mass is 234 g/mol. The second-order valence-corrected chi connectivity index (χ2v) is 5.45. The van der Waals surface area contributed by atoms with Crippen molar-refractivity contribution in [1.82, 2.24) is 20.8 Å². The van der Waals surface area contributed by atoms with E-state index < -0.39 is 0 Å². The molecule has 1 fully saturated rings. The average molecular weight is 234 g/mol. The predicted octanol–water partition coefficient (Wildman–Crippen LogP) is 1.13. The topological polar surface area (TPSA) is 52.7 Å². The molecule has 0 aliphatic heterocycles. The summed E-state index contributed by atoms with van der Waals surface area (Å²) in [6.07, 6.45) is 6.40. The fraction of sp³-hybridized carbons (Fsp3) is 0.769. The van der Waals surface area contributed by atoms with E-state index in [1.165, 1.54) is 49.1 Å². The van der Waals surface area contributed by atoms with Crippen LogP contribution in [0.15, 0.2) is 0 Å². The van der Waals surface area contributed by atoms with E-state index in [4.69, 9.17) is 0 Å². The highest BCUT2D eigenvalue weighted by molar-refractivity contribution is 5.29. The summed E-state index contributed by atoms with van der Waals surface area (Å²) in [7, 11) is 0. The number of hydrogen-bond donors (Lipinski definition) is 3. The van der Waals surface area contributed by atoms with Crippen molar-refractivity contribution in [1.29, 1.82) is 0 Å². The Hall–Kier alpha value is -0.870. The van der Waals surface area contributed by atoms with Crippen LogP contribution in [-0.4, -0.2) is 28.8 Å². The zero-order valence-corrected chi connectivity index (χ0v) is 10.6. The average Bonchev–Trinajstić information content (AvgIpc) is 2.89. The van der Waals surface area contributed by atoms with E-state index in [0.717, 1.165) is 19.1 Å². The molecule has 4 nitrogen and oxygen atoms in total. The van der Waals surface area contributed by atoms with Crippen LogP contribution in [0.5, 0.6) is 0 Å². The number of aromatic amines is 1. The first kappa shape index (κ1) is 11.2. The molecule has 0 saturated heterocycles. The van der Waals surface area contributed by atoms with Crippen molar-refractivity contribution >= 4 is 0 Å². The summed E-state index contributed by atoms with van der Waals surface area (Å²) < 4.78 is 0. The van der Waals surface area contributed by atoms with Crippen LogP contribution >= 0.6 is 0 Å². The molecular weight excluding hydrogens is 212 g/mol. The van der Waals surface area contributed by atoms with Gasteiger partial charge in [0.15, 0.2) is 0 Å². The number of H-pyrrole nitrogens is 1. The van der Waals surface area contributed by atoms with E-state index in [-0.39, 0.29) is 0 Å². The standard InChI is InChI=1S/C13H22N4/c1-9(7-15-10-5-6-10)14-8-13-11-3-2-4-12(11)16-17-13/h9-10,14-15H,2-8H2,1H3,(H,16,17). The quantitative estimate of drug-likeness (QED) is 0.691. The predicted molar refractivity (Wildman–Crippen MR) is 67.9 cm³/mol. The molecule has 1 heterocycles. The summed E-state index contributed by atoms with van der Waals surface area (Å²) >= 11 is 0. The van der Waals surface area contributed by atoms with Crippen molar-refractivity contribution in [2.45, 2.75) is 57.7 Å². The first-order valence-corrected chi connectivity index (χ1v) is 6.84. The van der Waals surface area contributed by atoms with E-state index in [1.807, 2.05) is 0 Å². The number of rotatable bonds is 6. The van der Waals surface area contributed by atoms with Crippen molar-refractivity contribution in [3.63, 3.8) is 0 Å². The SMILES string of the molecule is CC(CNC1CC1)NCc1n[nH]c2c1CCC2. The van der Waals surface area contributed by atoms with Gasteiger partial charge in [0.1, 0.15) is 0 Å². The van der Waals surface area contributed by atoms with E-state index >= 15 is 0 Å². The number of fused-ring (bicyclic) bond motifs is 1. The zero-order valence-electron chi connectivity index (χ0n) is 10.6. The number of nitrogens with zero attached hydrogens (tertiary/aromatic N) is 1. The molecule has 0 aromatic carbocycles. The summed E-state index contributed by atoms with van der Waals surface area (Å²) in [6, 6.07) is 1.32. The largest absolute Gasteiger partial charge is 0.312 e. The molecule has 1 aromatic rings. The maximum atomic E-state index is 4.41. The minimum absolute atomic E-state index is 0.518. The third kappa shape index (κ3) is 2.69. The Balaban J connectivity index is 1.46. The number of nitrogens with one attached hydrogen (secondary N) is 3. The van der Waals surface area contributed by atoms with Crippen molar-refractivity contribution < 1.29 is 0 Å². The fourth-order valence-electron chi connectivity index (χ4n) is 2.51. The van der Waals surface area contributed by atoms with Gasteiger partial charge in [0, 0.05) is 30.9 Å². The van der Waals surface area contributed by atoms with Gasteiger partial charge < -0.3 is 10.6 Å². The normalized spacial score (nSPS) is 20.5. The highest BCUT2D eigenvalue weighted by Gasteiger charge is 2.21. The maximum Gasteiger partial charge on any atom is 0.0794 e. The van der Waals surface area contributed by atoms with Crippen LogP contribution in [0.3, 0.4) is 0 Å². The minimum Gasteiger partial charge on any atom is -0.312 e. The van der Waals surface area contributed by atoms with E-state index in [1.54, 1.807) is 0 Å². The molecule has 0 bridgehead atoms. The van der Waals surface area contributed by atoms with Gasteiger partial charge in [-0.1, -0.05) is 0 Å². The smallest absolute Gasteiger partial charge is 0.0794 e. The molecule has 0 radical (unpaired) electrons. The Morgan fingerprint density at radius 2 is 2.29 bits per heavy atom. The molecule has 1 atom stereocenters. The molecule has 1 saturated carbocycles. The summed E-state index contributed by atoms with van der Waals surface area (Å²) in [4.78, 5) is 0. The molecular formula is C13H22N4. The van der Waals surface area contributed by atoms with Gasteiger partial charge >= 0.3 is 0 Å².